The Morgan fingerprint density at radius 2 is 1.79 bits per heavy atom. The molecule has 0 aliphatic carbocycles. The number of halogens is 1. The molecule has 6 nitrogen and oxygen atoms in total. The van der Waals surface area contributed by atoms with Crippen molar-refractivity contribution >= 4 is 15.9 Å². The lowest BCUT2D eigenvalue weighted by Crippen LogP contribution is -2.48. The van der Waals surface area contributed by atoms with Gasteiger partial charge in [-0.1, -0.05) is 18.2 Å². The molecule has 0 unspecified atom stereocenters. The number of ether oxygens (including phenoxy) is 1. The molecule has 3 rings (SSSR count). The molecule has 1 heterocycles. The number of hydrogen-bond donors (Lipinski definition) is 1. The molecule has 0 spiro atoms. The number of sulfonamides is 1. The van der Waals surface area contributed by atoms with Gasteiger partial charge in [-0.3, -0.25) is 4.79 Å². The van der Waals surface area contributed by atoms with Crippen molar-refractivity contribution < 1.29 is 22.3 Å². The second-order valence-electron chi connectivity index (χ2n) is 6.92. The van der Waals surface area contributed by atoms with E-state index in [4.69, 9.17) is 4.74 Å². The Bertz CT molecular complexity index is 937. The number of nitrogens with one attached hydrogen (secondary N) is 1. The monoisotopic (exact) mass is 406 g/mol. The SMILES string of the molecule is C[C@@H]1CN(S(=O)(=O)c2cccc(C(=O)NCc3ccc(F)cc3)c2)C[C@H](C)O1. The van der Waals surface area contributed by atoms with Crippen LogP contribution >= 0.6 is 0 Å². The minimum Gasteiger partial charge on any atom is -0.373 e. The zero-order valence-corrected chi connectivity index (χ0v) is 16.6. The Kier molecular flexibility index (Phi) is 6.12. The number of carbonyl (C=O) groups is 1. The van der Waals surface area contributed by atoms with E-state index in [1.807, 2.05) is 13.8 Å². The maximum absolute atomic E-state index is 13.0. The van der Waals surface area contributed by atoms with Crippen molar-refractivity contribution in [2.75, 3.05) is 13.1 Å². The first-order valence-electron chi connectivity index (χ1n) is 9.04. The van der Waals surface area contributed by atoms with Gasteiger partial charge in [0.15, 0.2) is 0 Å². The van der Waals surface area contributed by atoms with Gasteiger partial charge in [0.05, 0.1) is 17.1 Å². The molecule has 28 heavy (non-hydrogen) atoms. The van der Waals surface area contributed by atoms with Crippen LogP contribution in [-0.4, -0.2) is 43.9 Å². The van der Waals surface area contributed by atoms with Crippen LogP contribution in [0, 0.1) is 5.82 Å². The van der Waals surface area contributed by atoms with Crippen molar-refractivity contribution in [3.8, 4) is 0 Å². The summed E-state index contributed by atoms with van der Waals surface area (Å²) in [6.07, 6.45) is -0.388. The highest BCUT2D eigenvalue weighted by Crippen LogP contribution is 2.22. The van der Waals surface area contributed by atoms with Gasteiger partial charge in [0.2, 0.25) is 10.0 Å². The average Bonchev–Trinajstić information content (AvgIpc) is 2.66. The highest BCUT2D eigenvalue weighted by Gasteiger charge is 2.32. The van der Waals surface area contributed by atoms with Crippen molar-refractivity contribution in [2.24, 2.45) is 0 Å². The molecular weight excluding hydrogens is 383 g/mol. The first kappa shape index (κ1) is 20.4. The van der Waals surface area contributed by atoms with Crippen LogP contribution in [0.25, 0.3) is 0 Å². The molecule has 1 aliphatic rings. The van der Waals surface area contributed by atoms with Gasteiger partial charge in [-0.2, -0.15) is 4.31 Å². The quantitative estimate of drug-likeness (QED) is 0.828. The molecule has 1 fully saturated rings. The zero-order chi connectivity index (χ0) is 20.3. The van der Waals surface area contributed by atoms with Crippen LogP contribution < -0.4 is 5.32 Å². The molecule has 1 amide bonds. The van der Waals surface area contributed by atoms with Crippen molar-refractivity contribution in [1.82, 2.24) is 9.62 Å². The Morgan fingerprint density at radius 1 is 1.14 bits per heavy atom. The van der Waals surface area contributed by atoms with E-state index < -0.39 is 15.9 Å². The van der Waals surface area contributed by atoms with Crippen LogP contribution in [0.15, 0.2) is 53.4 Å². The minimum absolute atomic E-state index is 0.0724. The summed E-state index contributed by atoms with van der Waals surface area (Å²) in [6, 6.07) is 11.8. The van der Waals surface area contributed by atoms with Crippen molar-refractivity contribution in [1.29, 1.82) is 0 Å². The molecule has 1 aliphatic heterocycles. The summed E-state index contributed by atoms with van der Waals surface area (Å²) in [5.41, 5.74) is 0.993. The predicted molar refractivity (Wildman–Crippen MR) is 103 cm³/mol. The molecule has 1 N–H and O–H groups in total. The van der Waals surface area contributed by atoms with Crippen LogP contribution in [0.2, 0.25) is 0 Å². The Labute approximate surface area is 164 Å². The third kappa shape index (κ3) is 4.76. The molecule has 2 aromatic carbocycles. The lowest BCUT2D eigenvalue weighted by Gasteiger charge is -2.34. The average molecular weight is 406 g/mol. The zero-order valence-electron chi connectivity index (χ0n) is 15.8. The van der Waals surface area contributed by atoms with Crippen LogP contribution in [0.5, 0.6) is 0 Å². The second-order valence-corrected chi connectivity index (χ2v) is 8.85. The Balaban J connectivity index is 1.73. The fraction of sp³-hybridized carbons (Fsp3) is 0.350. The first-order chi connectivity index (χ1) is 13.3. The minimum atomic E-state index is -3.72. The standard InChI is InChI=1S/C20H23FN2O4S/c1-14-12-23(13-15(2)27-14)28(25,26)19-5-3-4-17(10-19)20(24)22-11-16-6-8-18(21)9-7-16/h3-10,14-15H,11-13H2,1-2H3,(H,22,24)/t14-,15+. The van der Waals surface area contributed by atoms with E-state index >= 15 is 0 Å². The summed E-state index contributed by atoms with van der Waals surface area (Å²) in [7, 11) is -3.72. The number of benzene rings is 2. The Morgan fingerprint density at radius 3 is 2.43 bits per heavy atom. The normalized spacial score (nSPS) is 20.7. The number of hydrogen-bond acceptors (Lipinski definition) is 4. The summed E-state index contributed by atoms with van der Waals surface area (Å²) in [6.45, 7) is 4.42. The van der Waals surface area contributed by atoms with E-state index in [0.29, 0.717) is 0 Å². The van der Waals surface area contributed by atoms with Crippen LogP contribution in [-0.2, 0) is 21.3 Å². The molecule has 2 atom stereocenters. The largest absolute Gasteiger partial charge is 0.373 e. The number of nitrogens with zero attached hydrogens (tertiary/aromatic N) is 1. The molecule has 1 saturated heterocycles. The molecule has 150 valence electrons. The van der Waals surface area contributed by atoms with Crippen LogP contribution in [0.1, 0.15) is 29.8 Å². The highest BCUT2D eigenvalue weighted by atomic mass is 32.2. The summed E-state index contributed by atoms with van der Waals surface area (Å²) in [5, 5.41) is 2.72. The predicted octanol–water partition coefficient (Wildman–Crippen LogP) is 2.55. The number of carbonyl (C=O) groups excluding carboxylic acids is 1. The summed E-state index contributed by atoms with van der Waals surface area (Å²) in [4.78, 5) is 12.5. The fourth-order valence-electron chi connectivity index (χ4n) is 3.16. The summed E-state index contributed by atoms with van der Waals surface area (Å²) < 4.78 is 45.9. The van der Waals surface area contributed by atoms with Gasteiger partial charge in [0, 0.05) is 25.2 Å². The lowest BCUT2D eigenvalue weighted by molar-refractivity contribution is -0.0440. The second kappa shape index (κ2) is 8.38. The van der Waals surface area contributed by atoms with Crippen molar-refractivity contribution in [2.45, 2.75) is 37.5 Å². The fourth-order valence-corrected chi connectivity index (χ4v) is 4.80. The number of amides is 1. The van der Waals surface area contributed by atoms with Gasteiger partial charge in [0.25, 0.3) is 5.91 Å². The van der Waals surface area contributed by atoms with Crippen LogP contribution in [0.3, 0.4) is 0 Å². The van der Waals surface area contributed by atoms with Crippen molar-refractivity contribution in [3.63, 3.8) is 0 Å². The molecule has 0 bridgehead atoms. The molecular formula is C20H23FN2O4S. The van der Waals surface area contributed by atoms with E-state index in [1.54, 1.807) is 24.3 Å². The van der Waals surface area contributed by atoms with Gasteiger partial charge in [-0.05, 0) is 49.7 Å². The van der Waals surface area contributed by atoms with Gasteiger partial charge < -0.3 is 10.1 Å². The topological polar surface area (TPSA) is 75.7 Å². The summed E-state index contributed by atoms with van der Waals surface area (Å²) >= 11 is 0. The van der Waals surface area contributed by atoms with Gasteiger partial charge >= 0.3 is 0 Å². The van der Waals surface area contributed by atoms with E-state index in [0.717, 1.165) is 5.56 Å². The smallest absolute Gasteiger partial charge is 0.251 e. The summed E-state index contributed by atoms with van der Waals surface area (Å²) in [5.74, 6) is -0.746. The van der Waals surface area contributed by atoms with Gasteiger partial charge in [0.1, 0.15) is 5.82 Å². The van der Waals surface area contributed by atoms with E-state index in [9.17, 15) is 17.6 Å². The van der Waals surface area contributed by atoms with E-state index in [2.05, 4.69) is 5.32 Å². The number of morpholine rings is 1. The maximum atomic E-state index is 13.0. The van der Waals surface area contributed by atoms with E-state index in [1.165, 1.54) is 28.6 Å². The Hall–Kier alpha value is -2.29. The van der Waals surface area contributed by atoms with Crippen molar-refractivity contribution in [3.05, 3.63) is 65.5 Å². The van der Waals surface area contributed by atoms with Crippen LogP contribution in [0.4, 0.5) is 4.39 Å². The molecule has 8 heteroatoms. The first-order valence-corrected chi connectivity index (χ1v) is 10.5. The van der Waals surface area contributed by atoms with Gasteiger partial charge in [-0.25, -0.2) is 12.8 Å². The lowest BCUT2D eigenvalue weighted by atomic mass is 10.2. The number of rotatable bonds is 5. The maximum Gasteiger partial charge on any atom is 0.251 e. The molecule has 0 saturated carbocycles. The molecule has 0 radical (unpaired) electrons. The highest BCUT2D eigenvalue weighted by molar-refractivity contribution is 7.89. The van der Waals surface area contributed by atoms with E-state index in [-0.39, 0.29) is 48.1 Å². The molecule has 0 aromatic heterocycles. The van der Waals surface area contributed by atoms with Gasteiger partial charge in [-0.15, -0.1) is 0 Å². The molecule has 2 aromatic rings. The third-order valence-electron chi connectivity index (χ3n) is 4.49. The third-order valence-corrected chi connectivity index (χ3v) is 6.31.